The Bertz CT molecular complexity index is 736. The average molecular weight is 416 g/mol. The molecule has 0 saturated heterocycles. The van der Waals surface area contributed by atoms with E-state index < -0.39 is 5.97 Å². The molecule has 2 aromatic rings. The third-order valence-corrected chi connectivity index (χ3v) is 4.32. The second-order valence-corrected chi connectivity index (χ2v) is 6.86. The summed E-state index contributed by atoms with van der Waals surface area (Å²) in [4.78, 5) is 17.0. The molecule has 0 amide bonds. The molecule has 0 saturated carbocycles. The summed E-state index contributed by atoms with van der Waals surface area (Å²) < 4.78 is 22.1. The Morgan fingerprint density at radius 3 is 2.17 bits per heavy atom. The van der Waals surface area contributed by atoms with Crippen molar-refractivity contribution >= 4 is 5.97 Å². The maximum atomic E-state index is 12.5. The van der Waals surface area contributed by atoms with E-state index in [1.807, 2.05) is 36.4 Å². The molecule has 6 heteroatoms. The van der Waals surface area contributed by atoms with Gasteiger partial charge in [-0.2, -0.15) is 0 Å². The van der Waals surface area contributed by atoms with Crippen molar-refractivity contribution in [2.24, 2.45) is 0 Å². The van der Waals surface area contributed by atoms with Crippen LogP contribution in [-0.4, -0.2) is 50.6 Å². The number of hydrogen-bond acceptors (Lipinski definition) is 6. The summed E-state index contributed by atoms with van der Waals surface area (Å²) in [5.41, 5.74) is 1.78. The van der Waals surface area contributed by atoms with Gasteiger partial charge in [0.05, 0.1) is 18.9 Å². The first-order valence-corrected chi connectivity index (χ1v) is 10.8. The highest BCUT2D eigenvalue weighted by molar-refractivity contribution is 5.88. The van der Waals surface area contributed by atoms with Crippen LogP contribution < -0.4 is 4.74 Å². The number of aromatic nitrogens is 1. The fourth-order valence-electron chi connectivity index (χ4n) is 2.63. The topological polar surface area (TPSA) is 66.9 Å². The van der Waals surface area contributed by atoms with Gasteiger partial charge in [0.2, 0.25) is 0 Å². The second kappa shape index (κ2) is 14.5. The molecule has 0 aliphatic heterocycles. The Labute approximate surface area is 179 Å². The van der Waals surface area contributed by atoms with E-state index in [0.29, 0.717) is 37.9 Å². The summed E-state index contributed by atoms with van der Waals surface area (Å²) in [6, 6.07) is 13.1. The maximum Gasteiger partial charge on any atom is 0.357 e. The molecule has 1 aromatic carbocycles. The van der Waals surface area contributed by atoms with Crippen molar-refractivity contribution in [2.45, 2.75) is 39.5 Å². The highest BCUT2D eigenvalue weighted by Gasteiger charge is 2.14. The van der Waals surface area contributed by atoms with Gasteiger partial charge in [-0.25, -0.2) is 9.78 Å². The van der Waals surface area contributed by atoms with Crippen LogP contribution in [-0.2, 0) is 14.2 Å². The van der Waals surface area contributed by atoms with Gasteiger partial charge in [-0.15, -0.1) is 0 Å². The first-order valence-electron chi connectivity index (χ1n) is 10.8. The normalized spacial score (nSPS) is 10.7. The predicted molar refractivity (Wildman–Crippen MR) is 117 cm³/mol. The molecule has 0 aliphatic carbocycles. The van der Waals surface area contributed by atoms with Gasteiger partial charge >= 0.3 is 5.97 Å². The Hall–Kier alpha value is -2.44. The van der Waals surface area contributed by atoms with Crippen LogP contribution in [0.2, 0.25) is 0 Å². The summed E-state index contributed by atoms with van der Waals surface area (Å²) in [7, 11) is 0. The SMILES string of the molecule is CCCCOCCOC(=O)c1cc(OCCOCCCC)cc(-c2ccccc2)n1. The summed E-state index contributed by atoms with van der Waals surface area (Å²) in [6.07, 6.45) is 4.20. The number of benzene rings is 1. The van der Waals surface area contributed by atoms with Crippen molar-refractivity contribution < 1.29 is 23.7 Å². The lowest BCUT2D eigenvalue weighted by atomic mass is 10.1. The number of hydrogen-bond donors (Lipinski definition) is 0. The van der Waals surface area contributed by atoms with Crippen molar-refractivity contribution in [3.8, 4) is 17.0 Å². The maximum absolute atomic E-state index is 12.5. The zero-order valence-electron chi connectivity index (χ0n) is 18.1. The zero-order chi connectivity index (χ0) is 21.4. The standard InChI is InChI=1S/C24H33NO5/c1-3-5-12-27-14-16-29-21-18-22(20-10-8-7-9-11-20)25-23(19-21)24(26)30-17-15-28-13-6-4-2/h7-11,18-19H,3-6,12-17H2,1-2H3. The lowest BCUT2D eigenvalue weighted by Gasteiger charge is -2.11. The van der Waals surface area contributed by atoms with E-state index in [9.17, 15) is 4.79 Å². The van der Waals surface area contributed by atoms with Crippen molar-refractivity contribution in [2.75, 3.05) is 39.6 Å². The highest BCUT2D eigenvalue weighted by Crippen LogP contribution is 2.23. The van der Waals surface area contributed by atoms with Gasteiger partial charge < -0.3 is 18.9 Å². The largest absolute Gasteiger partial charge is 0.491 e. The lowest BCUT2D eigenvalue weighted by Crippen LogP contribution is -2.14. The summed E-state index contributed by atoms with van der Waals surface area (Å²) in [6.45, 7) is 7.10. The molecule has 1 heterocycles. The molecule has 0 bridgehead atoms. The molecule has 0 aliphatic rings. The molecule has 30 heavy (non-hydrogen) atoms. The number of rotatable bonds is 15. The van der Waals surface area contributed by atoms with Crippen LogP contribution in [0.5, 0.6) is 5.75 Å². The van der Waals surface area contributed by atoms with Crippen molar-refractivity contribution in [3.05, 3.63) is 48.2 Å². The Morgan fingerprint density at radius 1 is 0.833 bits per heavy atom. The molecule has 0 unspecified atom stereocenters. The number of unbranched alkanes of at least 4 members (excludes halogenated alkanes) is 2. The summed E-state index contributed by atoms with van der Waals surface area (Å²) in [5, 5.41) is 0. The van der Waals surface area contributed by atoms with E-state index in [4.69, 9.17) is 18.9 Å². The van der Waals surface area contributed by atoms with Gasteiger partial charge in [-0.3, -0.25) is 0 Å². The number of ether oxygens (including phenoxy) is 4. The predicted octanol–water partition coefficient (Wildman–Crippen LogP) is 4.92. The van der Waals surface area contributed by atoms with Crippen LogP contribution in [0.15, 0.2) is 42.5 Å². The minimum Gasteiger partial charge on any atom is -0.491 e. The van der Waals surface area contributed by atoms with Crippen LogP contribution in [0.25, 0.3) is 11.3 Å². The third kappa shape index (κ3) is 8.93. The minimum atomic E-state index is -0.490. The number of carbonyl (C=O) groups excluding carboxylic acids is 1. The quantitative estimate of drug-likeness (QED) is 0.304. The number of pyridine rings is 1. The van der Waals surface area contributed by atoms with Gasteiger partial charge in [0.15, 0.2) is 5.69 Å². The second-order valence-electron chi connectivity index (χ2n) is 6.86. The molecule has 0 N–H and O–H groups in total. The van der Waals surface area contributed by atoms with Gasteiger partial charge in [-0.1, -0.05) is 57.0 Å². The lowest BCUT2D eigenvalue weighted by molar-refractivity contribution is 0.0307. The van der Waals surface area contributed by atoms with E-state index in [-0.39, 0.29) is 12.3 Å². The fourth-order valence-corrected chi connectivity index (χ4v) is 2.63. The smallest absolute Gasteiger partial charge is 0.357 e. The molecule has 6 nitrogen and oxygen atoms in total. The Kier molecular flexibility index (Phi) is 11.5. The van der Waals surface area contributed by atoms with E-state index in [1.165, 1.54) is 0 Å². The zero-order valence-corrected chi connectivity index (χ0v) is 18.1. The van der Waals surface area contributed by atoms with E-state index >= 15 is 0 Å². The van der Waals surface area contributed by atoms with Gasteiger partial charge in [-0.05, 0) is 12.8 Å². The molecule has 0 spiro atoms. The van der Waals surface area contributed by atoms with Crippen LogP contribution >= 0.6 is 0 Å². The molecule has 164 valence electrons. The third-order valence-electron chi connectivity index (χ3n) is 4.32. The van der Waals surface area contributed by atoms with Crippen LogP contribution in [0.3, 0.4) is 0 Å². The van der Waals surface area contributed by atoms with E-state index in [2.05, 4.69) is 18.8 Å². The molecule has 0 fully saturated rings. The average Bonchev–Trinajstić information content (AvgIpc) is 2.78. The van der Waals surface area contributed by atoms with Crippen LogP contribution in [0, 0.1) is 0 Å². The molecule has 1 aromatic heterocycles. The molecular formula is C24H33NO5. The molecule has 2 rings (SSSR count). The molecular weight excluding hydrogens is 382 g/mol. The highest BCUT2D eigenvalue weighted by atomic mass is 16.6. The fraction of sp³-hybridized carbons (Fsp3) is 0.500. The molecule has 0 radical (unpaired) electrons. The molecule has 0 atom stereocenters. The van der Waals surface area contributed by atoms with Crippen molar-refractivity contribution in [1.29, 1.82) is 0 Å². The van der Waals surface area contributed by atoms with Gasteiger partial charge in [0.1, 0.15) is 19.0 Å². The first-order chi connectivity index (χ1) is 14.7. The monoisotopic (exact) mass is 415 g/mol. The number of carbonyl (C=O) groups is 1. The van der Waals surface area contributed by atoms with Gasteiger partial charge in [0.25, 0.3) is 0 Å². The van der Waals surface area contributed by atoms with E-state index in [1.54, 1.807) is 6.07 Å². The summed E-state index contributed by atoms with van der Waals surface area (Å²) >= 11 is 0. The Morgan fingerprint density at radius 2 is 1.50 bits per heavy atom. The summed E-state index contributed by atoms with van der Waals surface area (Å²) in [5.74, 6) is 0.0741. The van der Waals surface area contributed by atoms with E-state index in [0.717, 1.165) is 37.9 Å². The van der Waals surface area contributed by atoms with Crippen molar-refractivity contribution in [3.63, 3.8) is 0 Å². The van der Waals surface area contributed by atoms with Crippen LogP contribution in [0.4, 0.5) is 0 Å². The van der Waals surface area contributed by atoms with Gasteiger partial charge in [0, 0.05) is 30.9 Å². The van der Waals surface area contributed by atoms with Crippen molar-refractivity contribution in [1.82, 2.24) is 4.98 Å². The Balaban J connectivity index is 1.99. The number of nitrogens with zero attached hydrogens (tertiary/aromatic N) is 1. The van der Waals surface area contributed by atoms with Crippen LogP contribution in [0.1, 0.15) is 50.0 Å². The number of esters is 1. The first kappa shape index (κ1) is 23.8. The minimum absolute atomic E-state index is 0.196.